The molecule has 0 aliphatic carbocycles. The number of nitrogens with zero attached hydrogens (tertiary/aromatic N) is 3. The van der Waals surface area contributed by atoms with Crippen molar-refractivity contribution in [3.63, 3.8) is 0 Å². The number of hydrogen-bond donors (Lipinski definition) is 0. The fraction of sp³-hybridized carbons (Fsp3) is 0.286. The van der Waals surface area contributed by atoms with E-state index in [1.165, 1.54) is 0 Å². The van der Waals surface area contributed by atoms with Crippen molar-refractivity contribution >= 4 is 23.2 Å². The van der Waals surface area contributed by atoms with Gasteiger partial charge < -0.3 is 0 Å². The van der Waals surface area contributed by atoms with Gasteiger partial charge in [-0.1, -0.05) is 42.6 Å². The number of nitriles is 1. The SMILES string of the molecule is CCCc1nn(-c2ccc(C)c(Cl)c2)c(Cl)c1C#N. The summed E-state index contributed by atoms with van der Waals surface area (Å²) in [4.78, 5) is 0. The summed E-state index contributed by atoms with van der Waals surface area (Å²) >= 11 is 12.3. The van der Waals surface area contributed by atoms with Crippen LogP contribution in [0.4, 0.5) is 0 Å². The van der Waals surface area contributed by atoms with E-state index in [4.69, 9.17) is 23.2 Å². The first kappa shape index (κ1) is 13.9. The van der Waals surface area contributed by atoms with Crippen LogP contribution in [0.3, 0.4) is 0 Å². The molecular weight excluding hydrogens is 281 g/mol. The number of aromatic nitrogens is 2. The third-order valence-electron chi connectivity index (χ3n) is 2.90. The lowest BCUT2D eigenvalue weighted by Gasteiger charge is -2.05. The lowest BCUT2D eigenvalue weighted by atomic mass is 10.2. The molecule has 2 rings (SSSR count). The normalized spacial score (nSPS) is 10.5. The molecule has 0 aliphatic rings. The van der Waals surface area contributed by atoms with Crippen LogP contribution in [0.15, 0.2) is 18.2 Å². The van der Waals surface area contributed by atoms with E-state index in [2.05, 4.69) is 11.2 Å². The minimum atomic E-state index is 0.339. The number of hydrogen-bond acceptors (Lipinski definition) is 2. The molecule has 0 atom stereocenters. The molecule has 1 aromatic carbocycles. The molecule has 0 saturated carbocycles. The molecule has 3 nitrogen and oxygen atoms in total. The number of benzene rings is 1. The van der Waals surface area contributed by atoms with Gasteiger partial charge >= 0.3 is 0 Å². The molecule has 1 aromatic heterocycles. The molecule has 0 spiro atoms. The second-order valence-electron chi connectivity index (χ2n) is 4.32. The molecule has 0 fully saturated rings. The predicted molar refractivity (Wildman–Crippen MR) is 77.0 cm³/mol. The third kappa shape index (κ3) is 2.60. The van der Waals surface area contributed by atoms with Crippen LogP contribution >= 0.6 is 23.2 Å². The second-order valence-corrected chi connectivity index (χ2v) is 5.08. The third-order valence-corrected chi connectivity index (χ3v) is 3.66. The van der Waals surface area contributed by atoms with Gasteiger partial charge in [-0.15, -0.1) is 0 Å². The zero-order valence-electron chi connectivity index (χ0n) is 10.7. The molecule has 0 bridgehead atoms. The van der Waals surface area contributed by atoms with Crippen LogP contribution in [-0.4, -0.2) is 9.78 Å². The highest BCUT2D eigenvalue weighted by molar-refractivity contribution is 6.32. The minimum Gasteiger partial charge on any atom is -0.220 e. The minimum absolute atomic E-state index is 0.339. The summed E-state index contributed by atoms with van der Waals surface area (Å²) in [7, 11) is 0. The Labute approximate surface area is 122 Å². The molecule has 2 aromatic rings. The molecule has 0 N–H and O–H groups in total. The first-order chi connectivity index (χ1) is 9.08. The van der Waals surface area contributed by atoms with E-state index >= 15 is 0 Å². The number of aryl methyl sites for hydroxylation is 2. The van der Waals surface area contributed by atoms with E-state index in [0.29, 0.717) is 15.7 Å². The molecule has 19 heavy (non-hydrogen) atoms. The monoisotopic (exact) mass is 293 g/mol. The van der Waals surface area contributed by atoms with Crippen molar-refractivity contribution in [1.82, 2.24) is 9.78 Å². The van der Waals surface area contributed by atoms with Gasteiger partial charge in [-0.2, -0.15) is 10.4 Å². The van der Waals surface area contributed by atoms with Crippen molar-refractivity contribution in [2.75, 3.05) is 0 Å². The Morgan fingerprint density at radius 3 is 2.68 bits per heavy atom. The smallest absolute Gasteiger partial charge is 0.150 e. The lowest BCUT2D eigenvalue weighted by Crippen LogP contribution is -1.98. The van der Waals surface area contributed by atoms with Crippen LogP contribution < -0.4 is 0 Å². The largest absolute Gasteiger partial charge is 0.220 e. The molecule has 0 aliphatic heterocycles. The summed E-state index contributed by atoms with van der Waals surface area (Å²) in [6, 6.07) is 7.70. The zero-order valence-corrected chi connectivity index (χ0v) is 12.3. The van der Waals surface area contributed by atoms with E-state index in [9.17, 15) is 5.26 Å². The highest BCUT2D eigenvalue weighted by Crippen LogP contribution is 2.26. The van der Waals surface area contributed by atoms with Crippen molar-refractivity contribution in [1.29, 1.82) is 5.26 Å². The predicted octanol–water partition coefficient (Wildman–Crippen LogP) is 4.31. The molecule has 0 amide bonds. The van der Waals surface area contributed by atoms with Crippen molar-refractivity contribution in [2.24, 2.45) is 0 Å². The summed E-state index contributed by atoms with van der Waals surface area (Å²) in [5.74, 6) is 0. The fourth-order valence-corrected chi connectivity index (χ4v) is 2.31. The highest BCUT2D eigenvalue weighted by atomic mass is 35.5. The molecule has 1 heterocycles. The van der Waals surface area contributed by atoms with Gasteiger partial charge in [-0.25, -0.2) is 4.68 Å². The van der Waals surface area contributed by atoms with Gasteiger partial charge in [0.05, 0.1) is 11.4 Å². The maximum absolute atomic E-state index is 9.17. The number of halogens is 2. The van der Waals surface area contributed by atoms with Crippen LogP contribution in [0.2, 0.25) is 10.2 Å². The van der Waals surface area contributed by atoms with Crippen molar-refractivity contribution < 1.29 is 0 Å². The second kappa shape index (κ2) is 5.64. The topological polar surface area (TPSA) is 41.6 Å². The van der Waals surface area contributed by atoms with Gasteiger partial charge in [-0.05, 0) is 31.0 Å². The standard InChI is InChI=1S/C14H13Cl2N3/c1-3-4-13-11(8-17)14(16)19(18-13)10-6-5-9(2)12(15)7-10/h5-7H,3-4H2,1-2H3. The van der Waals surface area contributed by atoms with E-state index in [1.807, 2.05) is 26.0 Å². The summed E-state index contributed by atoms with van der Waals surface area (Å²) in [5, 5.41) is 14.6. The van der Waals surface area contributed by atoms with Gasteiger partial charge in [0.25, 0.3) is 0 Å². The van der Waals surface area contributed by atoms with Gasteiger partial charge in [0.15, 0.2) is 5.15 Å². The van der Waals surface area contributed by atoms with E-state index in [0.717, 1.165) is 29.8 Å². The van der Waals surface area contributed by atoms with Gasteiger partial charge in [-0.3, -0.25) is 0 Å². The summed E-state index contributed by atoms with van der Waals surface area (Å²) in [6.45, 7) is 3.97. The zero-order chi connectivity index (χ0) is 14.0. The average Bonchev–Trinajstić information content (AvgIpc) is 2.70. The van der Waals surface area contributed by atoms with Gasteiger partial charge in [0.1, 0.15) is 11.6 Å². The molecule has 0 unspecified atom stereocenters. The maximum atomic E-state index is 9.17. The van der Waals surface area contributed by atoms with Crippen LogP contribution in [-0.2, 0) is 6.42 Å². The Hall–Kier alpha value is -1.50. The van der Waals surface area contributed by atoms with Crippen molar-refractivity contribution in [3.8, 4) is 11.8 Å². The molecule has 0 radical (unpaired) electrons. The summed E-state index contributed by atoms with van der Waals surface area (Å²) in [5.41, 5.74) is 2.93. The fourth-order valence-electron chi connectivity index (χ4n) is 1.85. The Balaban J connectivity index is 2.56. The van der Waals surface area contributed by atoms with E-state index in [-0.39, 0.29) is 0 Å². The highest BCUT2D eigenvalue weighted by Gasteiger charge is 2.16. The van der Waals surface area contributed by atoms with E-state index in [1.54, 1.807) is 10.7 Å². The number of rotatable bonds is 3. The van der Waals surface area contributed by atoms with E-state index < -0.39 is 0 Å². The molecular formula is C14H13Cl2N3. The van der Waals surface area contributed by atoms with Crippen LogP contribution in [0.25, 0.3) is 5.69 Å². The maximum Gasteiger partial charge on any atom is 0.150 e. The Morgan fingerprint density at radius 1 is 1.37 bits per heavy atom. The van der Waals surface area contributed by atoms with Crippen LogP contribution in [0.1, 0.15) is 30.2 Å². The van der Waals surface area contributed by atoms with Crippen molar-refractivity contribution in [3.05, 3.63) is 45.2 Å². The summed E-state index contributed by atoms with van der Waals surface area (Å²) in [6.07, 6.45) is 1.64. The Kier molecular flexibility index (Phi) is 4.14. The summed E-state index contributed by atoms with van der Waals surface area (Å²) < 4.78 is 1.57. The first-order valence-corrected chi connectivity index (χ1v) is 6.78. The quantitative estimate of drug-likeness (QED) is 0.846. The van der Waals surface area contributed by atoms with Crippen LogP contribution in [0, 0.1) is 18.3 Å². The Bertz CT molecular complexity index is 653. The molecule has 98 valence electrons. The molecule has 0 saturated heterocycles. The Morgan fingerprint density at radius 2 is 2.11 bits per heavy atom. The van der Waals surface area contributed by atoms with Crippen LogP contribution in [0.5, 0.6) is 0 Å². The van der Waals surface area contributed by atoms with Gasteiger partial charge in [0.2, 0.25) is 0 Å². The first-order valence-electron chi connectivity index (χ1n) is 6.02. The van der Waals surface area contributed by atoms with Gasteiger partial charge in [0, 0.05) is 5.02 Å². The van der Waals surface area contributed by atoms with Crippen molar-refractivity contribution in [2.45, 2.75) is 26.7 Å². The molecule has 5 heteroatoms. The lowest BCUT2D eigenvalue weighted by molar-refractivity contribution is 0.806. The average molecular weight is 294 g/mol.